The summed E-state index contributed by atoms with van der Waals surface area (Å²) in [7, 11) is 2.15. The Labute approximate surface area is 155 Å². The van der Waals surface area contributed by atoms with Gasteiger partial charge in [0.25, 0.3) is 0 Å². The van der Waals surface area contributed by atoms with Gasteiger partial charge in [-0.25, -0.2) is 0 Å². The number of hydrogen-bond acceptors (Lipinski definition) is 5. The van der Waals surface area contributed by atoms with Gasteiger partial charge in [-0.15, -0.1) is 11.3 Å². The maximum Gasteiger partial charge on any atom is 0.220 e. The molecule has 140 valence electrons. The van der Waals surface area contributed by atoms with Crippen LogP contribution >= 0.6 is 11.3 Å². The first kappa shape index (κ1) is 20.1. The summed E-state index contributed by atoms with van der Waals surface area (Å²) >= 11 is 1.50. The standard InChI is InChI=1S/C19H31N3O2S/c1-14(2)16(22-11-9-21(4)10-12-22)13-20-19(24)8-6-17(23)18-7-5-15(3)25-18/h5,7,14,16H,6,8-13H2,1-4H3,(H,20,24). The van der Waals surface area contributed by atoms with Gasteiger partial charge >= 0.3 is 0 Å². The van der Waals surface area contributed by atoms with E-state index < -0.39 is 0 Å². The van der Waals surface area contributed by atoms with Crippen molar-refractivity contribution in [1.82, 2.24) is 15.1 Å². The number of rotatable bonds is 8. The van der Waals surface area contributed by atoms with Crippen molar-refractivity contribution in [1.29, 1.82) is 0 Å². The van der Waals surface area contributed by atoms with Gasteiger partial charge in [-0.3, -0.25) is 14.5 Å². The molecule has 1 fully saturated rings. The van der Waals surface area contributed by atoms with E-state index in [1.165, 1.54) is 11.3 Å². The quantitative estimate of drug-likeness (QED) is 0.719. The summed E-state index contributed by atoms with van der Waals surface area (Å²) in [5, 5.41) is 3.04. The van der Waals surface area contributed by atoms with Crippen molar-refractivity contribution in [3.63, 3.8) is 0 Å². The van der Waals surface area contributed by atoms with Gasteiger partial charge in [0.05, 0.1) is 4.88 Å². The molecule has 6 heteroatoms. The zero-order chi connectivity index (χ0) is 18.4. The van der Waals surface area contributed by atoms with E-state index in [-0.39, 0.29) is 24.5 Å². The number of likely N-dealkylation sites (N-methyl/N-ethyl adjacent to an activating group) is 1. The van der Waals surface area contributed by atoms with Crippen LogP contribution < -0.4 is 5.32 Å². The molecule has 1 saturated heterocycles. The highest BCUT2D eigenvalue weighted by atomic mass is 32.1. The lowest BCUT2D eigenvalue weighted by molar-refractivity contribution is -0.121. The first-order chi connectivity index (χ1) is 11.9. The van der Waals surface area contributed by atoms with Crippen LogP contribution in [-0.2, 0) is 4.79 Å². The van der Waals surface area contributed by atoms with E-state index in [1.807, 2.05) is 19.1 Å². The van der Waals surface area contributed by atoms with Crippen LogP contribution in [0.15, 0.2) is 12.1 Å². The summed E-state index contributed by atoms with van der Waals surface area (Å²) in [6, 6.07) is 4.15. The first-order valence-corrected chi connectivity index (χ1v) is 9.97. The highest BCUT2D eigenvalue weighted by Crippen LogP contribution is 2.17. The third-order valence-corrected chi connectivity index (χ3v) is 5.92. The van der Waals surface area contributed by atoms with Crippen LogP contribution in [0.5, 0.6) is 0 Å². The number of piperazine rings is 1. The number of nitrogens with one attached hydrogen (secondary N) is 1. The van der Waals surface area contributed by atoms with Crippen molar-refractivity contribution in [2.24, 2.45) is 5.92 Å². The van der Waals surface area contributed by atoms with Crippen molar-refractivity contribution < 1.29 is 9.59 Å². The minimum atomic E-state index is -0.0265. The third kappa shape index (κ3) is 6.20. The normalized spacial score (nSPS) is 17.6. The molecule has 1 aromatic rings. The minimum absolute atomic E-state index is 0.0265. The Balaban J connectivity index is 1.76. The molecule has 25 heavy (non-hydrogen) atoms. The molecular formula is C19H31N3O2S. The Hall–Kier alpha value is -1.24. The summed E-state index contributed by atoms with van der Waals surface area (Å²) in [5.41, 5.74) is 0. The third-order valence-electron chi connectivity index (χ3n) is 4.88. The van der Waals surface area contributed by atoms with Gasteiger partial charge < -0.3 is 10.2 Å². The van der Waals surface area contributed by atoms with Crippen molar-refractivity contribution >= 4 is 23.0 Å². The molecular weight excluding hydrogens is 334 g/mol. The zero-order valence-corrected chi connectivity index (χ0v) is 16.7. The van der Waals surface area contributed by atoms with Gasteiger partial charge in [0.1, 0.15) is 0 Å². The first-order valence-electron chi connectivity index (χ1n) is 9.15. The predicted octanol–water partition coefficient (Wildman–Crippen LogP) is 2.41. The highest BCUT2D eigenvalue weighted by Gasteiger charge is 2.25. The summed E-state index contributed by atoms with van der Waals surface area (Å²) in [4.78, 5) is 31.0. The number of carbonyl (C=O) groups excluding carboxylic acids is 2. The van der Waals surface area contributed by atoms with Crippen LogP contribution in [0, 0.1) is 12.8 Å². The SMILES string of the molecule is Cc1ccc(C(=O)CCC(=O)NCC(C(C)C)N2CCN(C)CC2)s1. The van der Waals surface area contributed by atoms with Gasteiger partial charge in [0.2, 0.25) is 5.91 Å². The Bertz CT molecular complexity index is 577. The van der Waals surface area contributed by atoms with Crippen LogP contribution in [0.1, 0.15) is 41.2 Å². The smallest absolute Gasteiger partial charge is 0.220 e. The second kappa shape index (κ2) is 9.46. The van der Waals surface area contributed by atoms with E-state index in [1.54, 1.807) is 0 Å². The molecule has 0 aliphatic carbocycles. The average Bonchev–Trinajstić information content (AvgIpc) is 3.00. The number of ketones is 1. The molecule has 1 amide bonds. The predicted molar refractivity (Wildman–Crippen MR) is 103 cm³/mol. The zero-order valence-electron chi connectivity index (χ0n) is 15.9. The number of hydrogen-bond donors (Lipinski definition) is 1. The Morgan fingerprint density at radius 1 is 1.16 bits per heavy atom. The molecule has 0 saturated carbocycles. The van der Waals surface area contributed by atoms with Crippen molar-refractivity contribution in [3.05, 3.63) is 21.9 Å². The Morgan fingerprint density at radius 3 is 2.40 bits per heavy atom. The van der Waals surface area contributed by atoms with E-state index >= 15 is 0 Å². The fourth-order valence-corrected chi connectivity index (χ4v) is 4.02. The lowest BCUT2D eigenvalue weighted by Crippen LogP contribution is -2.54. The van der Waals surface area contributed by atoms with Crippen LogP contribution in [0.25, 0.3) is 0 Å². The maximum atomic E-state index is 12.2. The van der Waals surface area contributed by atoms with Crippen LogP contribution in [0.3, 0.4) is 0 Å². The number of amides is 1. The van der Waals surface area contributed by atoms with E-state index in [2.05, 4.69) is 36.0 Å². The molecule has 1 atom stereocenters. The van der Waals surface area contributed by atoms with E-state index in [0.29, 0.717) is 18.5 Å². The molecule has 1 aromatic heterocycles. The number of carbonyl (C=O) groups is 2. The van der Waals surface area contributed by atoms with E-state index in [4.69, 9.17) is 0 Å². The van der Waals surface area contributed by atoms with E-state index in [9.17, 15) is 9.59 Å². The lowest BCUT2D eigenvalue weighted by atomic mass is 10.0. The van der Waals surface area contributed by atoms with Crippen LogP contribution in [0.4, 0.5) is 0 Å². The largest absolute Gasteiger partial charge is 0.355 e. The van der Waals surface area contributed by atoms with Crippen LogP contribution in [0.2, 0.25) is 0 Å². The molecule has 5 nitrogen and oxygen atoms in total. The Morgan fingerprint density at radius 2 is 1.84 bits per heavy atom. The number of aryl methyl sites for hydroxylation is 1. The summed E-state index contributed by atoms with van der Waals surface area (Å²) in [5.74, 6) is 0.522. The molecule has 0 aromatic carbocycles. The van der Waals surface area contributed by atoms with E-state index in [0.717, 1.165) is 35.9 Å². The molecule has 0 spiro atoms. The lowest BCUT2D eigenvalue weighted by Gasteiger charge is -2.39. The monoisotopic (exact) mass is 365 g/mol. The minimum Gasteiger partial charge on any atom is -0.355 e. The summed E-state index contributed by atoms with van der Waals surface area (Å²) < 4.78 is 0. The molecule has 1 aliphatic heterocycles. The second-order valence-electron chi connectivity index (χ2n) is 7.29. The molecule has 1 unspecified atom stereocenters. The summed E-state index contributed by atoms with van der Waals surface area (Å²) in [6.07, 6.45) is 0.552. The van der Waals surface area contributed by atoms with Crippen molar-refractivity contribution in [2.75, 3.05) is 39.8 Å². The van der Waals surface area contributed by atoms with Gasteiger partial charge in [0.15, 0.2) is 5.78 Å². The molecule has 2 heterocycles. The van der Waals surface area contributed by atoms with Crippen molar-refractivity contribution in [2.45, 2.75) is 39.7 Å². The molecule has 1 aliphatic rings. The summed E-state index contributed by atoms with van der Waals surface area (Å²) in [6.45, 7) is 11.3. The van der Waals surface area contributed by atoms with Gasteiger partial charge in [-0.1, -0.05) is 13.8 Å². The molecule has 0 bridgehead atoms. The number of Topliss-reactive ketones (excluding diaryl/α,β-unsaturated/α-hetero) is 1. The van der Waals surface area contributed by atoms with Crippen LogP contribution in [-0.4, -0.2) is 67.3 Å². The molecule has 1 N–H and O–H groups in total. The van der Waals surface area contributed by atoms with Gasteiger partial charge in [-0.05, 0) is 32.0 Å². The average molecular weight is 366 g/mol. The second-order valence-corrected chi connectivity index (χ2v) is 8.58. The fourth-order valence-electron chi connectivity index (χ4n) is 3.18. The van der Waals surface area contributed by atoms with Gasteiger partial charge in [-0.2, -0.15) is 0 Å². The molecule has 0 radical (unpaired) electrons. The molecule has 2 rings (SSSR count). The fraction of sp³-hybridized carbons (Fsp3) is 0.684. The van der Waals surface area contributed by atoms with Gasteiger partial charge in [0, 0.05) is 56.5 Å². The number of thiophene rings is 1. The highest BCUT2D eigenvalue weighted by molar-refractivity contribution is 7.14. The topological polar surface area (TPSA) is 52.7 Å². The van der Waals surface area contributed by atoms with Crippen molar-refractivity contribution in [3.8, 4) is 0 Å². The maximum absolute atomic E-state index is 12.2. The number of nitrogens with zero attached hydrogens (tertiary/aromatic N) is 2. The Kier molecular flexibility index (Phi) is 7.59.